The van der Waals surface area contributed by atoms with E-state index in [0.29, 0.717) is 24.7 Å². The van der Waals surface area contributed by atoms with E-state index >= 15 is 0 Å². The van der Waals surface area contributed by atoms with Crippen LogP contribution in [0, 0.1) is 23.7 Å². The Morgan fingerprint density at radius 1 is 1.14 bits per heavy atom. The molecule has 0 bridgehead atoms. The number of rotatable bonds is 2. The van der Waals surface area contributed by atoms with Crippen molar-refractivity contribution in [1.29, 1.82) is 0 Å². The number of carboxylic acid groups (broad SMARTS) is 1. The van der Waals surface area contributed by atoms with Crippen molar-refractivity contribution in [3.05, 3.63) is 0 Å². The number of hydrogen-bond acceptors (Lipinski definition) is 3. The van der Waals surface area contributed by atoms with Crippen molar-refractivity contribution in [2.24, 2.45) is 23.7 Å². The Morgan fingerprint density at radius 2 is 1.71 bits per heavy atom. The number of methoxy groups -OCH3 is 1. The maximum Gasteiger partial charge on any atom is 0.309 e. The summed E-state index contributed by atoms with van der Waals surface area (Å²) < 4.78 is 4.63. The van der Waals surface area contributed by atoms with E-state index in [9.17, 15) is 9.59 Å². The largest absolute Gasteiger partial charge is 0.481 e. The average molecular weight is 198 g/mol. The summed E-state index contributed by atoms with van der Waals surface area (Å²) >= 11 is 0. The van der Waals surface area contributed by atoms with Gasteiger partial charge in [0.1, 0.15) is 0 Å². The molecule has 0 aliphatic heterocycles. The highest BCUT2D eigenvalue weighted by atomic mass is 16.5. The minimum atomic E-state index is -0.856. The van der Waals surface area contributed by atoms with E-state index < -0.39 is 17.8 Å². The van der Waals surface area contributed by atoms with Gasteiger partial charge in [0.2, 0.25) is 0 Å². The Bertz CT molecular complexity index is 273. The molecule has 0 unspecified atom stereocenters. The van der Waals surface area contributed by atoms with E-state index in [4.69, 9.17) is 5.11 Å². The van der Waals surface area contributed by atoms with Crippen molar-refractivity contribution < 1.29 is 19.4 Å². The van der Waals surface area contributed by atoms with Gasteiger partial charge in [0.15, 0.2) is 0 Å². The van der Waals surface area contributed by atoms with Crippen LogP contribution in [0.4, 0.5) is 0 Å². The normalized spacial score (nSPS) is 39.8. The van der Waals surface area contributed by atoms with Gasteiger partial charge in [0.05, 0.1) is 18.9 Å². The average Bonchev–Trinajstić information content (AvgIpc) is 2.92. The van der Waals surface area contributed by atoms with E-state index in [0.717, 1.165) is 6.42 Å². The Kier molecular flexibility index (Phi) is 2.21. The molecule has 0 aromatic carbocycles. The highest BCUT2D eigenvalue weighted by Gasteiger charge is 2.51. The number of ether oxygens (including phenoxy) is 1. The molecule has 14 heavy (non-hydrogen) atoms. The molecular weight excluding hydrogens is 184 g/mol. The molecule has 2 fully saturated rings. The lowest BCUT2D eigenvalue weighted by molar-refractivity contribution is -0.157. The molecule has 0 aromatic heterocycles. The van der Waals surface area contributed by atoms with Gasteiger partial charge in [0.25, 0.3) is 0 Å². The number of hydrogen-bond donors (Lipinski definition) is 1. The molecule has 2 aliphatic rings. The van der Waals surface area contributed by atoms with Crippen LogP contribution in [0.5, 0.6) is 0 Å². The predicted octanol–water partition coefficient (Wildman–Crippen LogP) is 0.906. The Labute approximate surface area is 82.2 Å². The summed E-state index contributed by atoms with van der Waals surface area (Å²) in [4.78, 5) is 22.3. The van der Waals surface area contributed by atoms with Crippen LogP contribution in [-0.2, 0) is 14.3 Å². The molecule has 4 atom stereocenters. The number of carbonyl (C=O) groups excluding carboxylic acids is 1. The van der Waals surface area contributed by atoms with Crippen molar-refractivity contribution in [1.82, 2.24) is 0 Å². The standard InChI is InChI=1S/C10H14O4/c1-14-10(13)8-4-6-2-5(6)3-7(8)9(11)12/h5-8H,2-4H2,1H3,(H,11,12)/t5-,6+,7-,8-/m1/s1. The fourth-order valence-corrected chi connectivity index (χ4v) is 2.55. The maximum absolute atomic E-state index is 11.4. The van der Waals surface area contributed by atoms with Crippen molar-refractivity contribution in [3.63, 3.8) is 0 Å². The van der Waals surface area contributed by atoms with Gasteiger partial charge >= 0.3 is 11.9 Å². The zero-order valence-electron chi connectivity index (χ0n) is 8.10. The van der Waals surface area contributed by atoms with E-state index in [1.54, 1.807) is 0 Å². The number of carboxylic acids is 1. The number of esters is 1. The molecule has 0 spiro atoms. The third-order valence-corrected chi connectivity index (χ3v) is 3.49. The predicted molar refractivity (Wildman–Crippen MR) is 47.5 cm³/mol. The molecular formula is C10H14O4. The monoisotopic (exact) mass is 198 g/mol. The van der Waals surface area contributed by atoms with Crippen LogP contribution in [-0.4, -0.2) is 24.2 Å². The fraction of sp³-hybridized carbons (Fsp3) is 0.800. The van der Waals surface area contributed by atoms with Gasteiger partial charge in [-0.05, 0) is 31.1 Å². The molecule has 0 aromatic rings. The second kappa shape index (κ2) is 3.26. The number of carbonyl (C=O) groups is 2. The van der Waals surface area contributed by atoms with E-state index in [1.807, 2.05) is 0 Å². The lowest BCUT2D eigenvalue weighted by Gasteiger charge is -2.25. The van der Waals surface area contributed by atoms with Crippen LogP contribution in [0.2, 0.25) is 0 Å². The smallest absolute Gasteiger partial charge is 0.309 e. The van der Waals surface area contributed by atoms with Gasteiger partial charge in [-0.1, -0.05) is 0 Å². The molecule has 2 saturated carbocycles. The Morgan fingerprint density at radius 3 is 2.21 bits per heavy atom. The van der Waals surface area contributed by atoms with E-state index in [1.165, 1.54) is 7.11 Å². The molecule has 0 saturated heterocycles. The molecule has 0 amide bonds. The second-order valence-corrected chi connectivity index (χ2v) is 4.30. The van der Waals surface area contributed by atoms with Crippen molar-refractivity contribution in [3.8, 4) is 0 Å². The molecule has 78 valence electrons. The summed E-state index contributed by atoms with van der Waals surface area (Å²) in [6.45, 7) is 0. The first-order valence-electron chi connectivity index (χ1n) is 4.94. The minimum Gasteiger partial charge on any atom is -0.481 e. The first-order chi connectivity index (χ1) is 6.63. The maximum atomic E-state index is 11.4. The Balaban J connectivity index is 2.10. The van der Waals surface area contributed by atoms with Crippen LogP contribution >= 0.6 is 0 Å². The SMILES string of the molecule is COC(=O)[C@@H]1C[C@@H]2C[C@@H]2C[C@H]1C(=O)O. The summed E-state index contributed by atoms with van der Waals surface area (Å²) in [6, 6.07) is 0. The van der Waals surface area contributed by atoms with Crippen LogP contribution in [0.15, 0.2) is 0 Å². The van der Waals surface area contributed by atoms with Crippen LogP contribution in [0.1, 0.15) is 19.3 Å². The van der Waals surface area contributed by atoms with Crippen molar-refractivity contribution in [2.45, 2.75) is 19.3 Å². The minimum absolute atomic E-state index is 0.359. The second-order valence-electron chi connectivity index (χ2n) is 4.30. The first-order valence-corrected chi connectivity index (χ1v) is 4.94. The number of fused-ring (bicyclic) bond motifs is 1. The lowest BCUT2D eigenvalue weighted by atomic mass is 9.79. The zero-order chi connectivity index (χ0) is 10.3. The molecule has 2 aliphatic carbocycles. The van der Waals surface area contributed by atoms with Crippen LogP contribution < -0.4 is 0 Å². The molecule has 4 nitrogen and oxygen atoms in total. The van der Waals surface area contributed by atoms with Gasteiger partial charge in [-0.2, -0.15) is 0 Å². The highest BCUT2D eigenvalue weighted by Crippen LogP contribution is 2.53. The molecule has 4 heteroatoms. The lowest BCUT2D eigenvalue weighted by Crippen LogP contribution is -2.34. The number of aliphatic carboxylic acids is 1. The first kappa shape index (κ1) is 9.49. The third-order valence-electron chi connectivity index (χ3n) is 3.49. The zero-order valence-corrected chi connectivity index (χ0v) is 8.10. The molecule has 0 heterocycles. The molecule has 2 rings (SSSR count). The summed E-state index contributed by atoms with van der Waals surface area (Å²) in [6.07, 6.45) is 2.45. The molecule has 1 N–H and O–H groups in total. The van der Waals surface area contributed by atoms with E-state index in [-0.39, 0.29) is 5.97 Å². The van der Waals surface area contributed by atoms with E-state index in [2.05, 4.69) is 4.74 Å². The van der Waals surface area contributed by atoms with Gasteiger partial charge < -0.3 is 9.84 Å². The van der Waals surface area contributed by atoms with Crippen LogP contribution in [0.25, 0.3) is 0 Å². The van der Waals surface area contributed by atoms with Gasteiger partial charge in [0, 0.05) is 0 Å². The third kappa shape index (κ3) is 1.49. The Hall–Kier alpha value is -1.06. The van der Waals surface area contributed by atoms with Crippen molar-refractivity contribution in [2.75, 3.05) is 7.11 Å². The van der Waals surface area contributed by atoms with Gasteiger partial charge in [-0.15, -0.1) is 0 Å². The molecule has 0 radical (unpaired) electrons. The summed E-state index contributed by atoms with van der Waals surface area (Å²) in [5.41, 5.74) is 0. The summed E-state index contributed by atoms with van der Waals surface area (Å²) in [5.74, 6) is -1.02. The highest BCUT2D eigenvalue weighted by molar-refractivity contribution is 5.81. The quantitative estimate of drug-likeness (QED) is 0.670. The van der Waals surface area contributed by atoms with Crippen LogP contribution in [0.3, 0.4) is 0 Å². The summed E-state index contributed by atoms with van der Waals surface area (Å²) in [7, 11) is 1.32. The summed E-state index contributed by atoms with van der Waals surface area (Å²) in [5, 5.41) is 8.98. The topological polar surface area (TPSA) is 63.6 Å². The fourth-order valence-electron chi connectivity index (χ4n) is 2.55. The van der Waals surface area contributed by atoms with Crippen molar-refractivity contribution >= 4 is 11.9 Å². The van der Waals surface area contributed by atoms with Gasteiger partial charge in [-0.25, -0.2) is 0 Å². The van der Waals surface area contributed by atoms with Gasteiger partial charge in [-0.3, -0.25) is 9.59 Å².